The molecule has 2 heteroatoms. The maximum Gasteiger partial charge on any atom is 0.0438 e. The Morgan fingerprint density at radius 1 is 1.33 bits per heavy atom. The van der Waals surface area contributed by atoms with E-state index in [9.17, 15) is 0 Å². The second kappa shape index (κ2) is 6.04. The molecular formula is C10H16ClN. The average molecular weight is 186 g/mol. The fraction of sp³-hybridized carbons (Fsp3) is 0.400. The smallest absolute Gasteiger partial charge is 0.0438 e. The van der Waals surface area contributed by atoms with Crippen LogP contribution in [0.15, 0.2) is 18.2 Å². The summed E-state index contributed by atoms with van der Waals surface area (Å²) in [6, 6.07) is 5.86. The zero-order chi connectivity index (χ0) is 9.56. The molecule has 0 bridgehead atoms. The molecule has 0 aliphatic carbocycles. The standard InChI is InChI=1S/C8H10ClN.C2H6/c1-6-2-3-7(5-10)4-8(6)9;1-2/h2-4H,5,10H2,1H3;1-2H3. The van der Waals surface area contributed by atoms with Gasteiger partial charge in [-0.3, -0.25) is 0 Å². The van der Waals surface area contributed by atoms with E-state index in [2.05, 4.69) is 0 Å². The van der Waals surface area contributed by atoms with E-state index in [4.69, 9.17) is 17.3 Å². The van der Waals surface area contributed by atoms with Crippen LogP contribution in [0.1, 0.15) is 25.0 Å². The van der Waals surface area contributed by atoms with Crippen molar-refractivity contribution in [3.05, 3.63) is 34.3 Å². The van der Waals surface area contributed by atoms with E-state index in [0.29, 0.717) is 6.54 Å². The summed E-state index contributed by atoms with van der Waals surface area (Å²) in [5.74, 6) is 0. The van der Waals surface area contributed by atoms with Crippen LogP contribution in [-0.4, -0.2) is 0 Å². The first-order chi connectivity index (χ1) is 5.74. The van der Waals surface area contributed by atoms with Gasteiger partial charge in [-0.05, 0) is 24.1 Å². The van der Waals surface area contributed by atoms with Crippen LogP contribution in [0.3, 0.4) is 0 Å². The van der Waals surface area contributed by atoms with Crippen molar-refractivity contribution in [3.8, 4) is 0 Å². The average Bonchev–Trinajstić information content (AvgIpc) is 2.13. The third-order valence-corrected chi connectivity index (χ3v) is 1.88. The number of halogens is 1. The SMILES string of the molecule is CC.Cc1ccc(CN)cc1Cl. The van der Waals surface area contributed by atoms with Crippen LogP contribution in [0.2, 0.25) is 5.02 Å². The Morgan fingerprint density at radius 3 is 2.33 bits per heavy atom. The molecule has 2 N–H and O–H groups in total. The Morgan fingerprint density at radius 2 is 1.92 bits per heavy atom. The summed E-state index contributed by atoms with van der Waals surface area (Å²) >= 11 is 5.84. The first-order valence-electron chi connectivity index (χ1n) is 4.19. The van der Waals surface area contributed by atoms with Crippen molar-refractivity contribution < 1.29 is 0 Å². The van der Waals surface area contributed by atoms with Crippen LogP contribution in [0.5, 0.6) is 0 Å². The largest absolute Gasteiger partial charge is 0.326 e. The number of nitrogens with two attached hydrogens (primary N) is 1. The highest BCUT2D eigenvalue weighted by molar-refractivity contribution is 6.31. The van der Waals surface area contributed by atoms with Gasteiger partial charge in [0.25, 0.3) is 0 Å². The molecule has 1 aromatic rings. The Hall–Kier alpha value is -0.530. The van der Waals surface area contributed by atoms with Crippen molar-refractivity contribution in [1.82, 2.24) is 0 Å². The van der Waals surface area contributed by atoms with Crippen LogP contribution in [0.4, 0.5) is 0 Å². The lowest BCUT2D eigenvalue weighted by molar-refractivity contribution is 1.07. The van der Waals surface area contributed by atoms with E-state index >= 15 is 0 Å². The van der Waals surface area contributed by atoms with E-state index < -0.39 is 0 Å². The first kappa shape index (κ1) is 11.5. The quantitative estimate of drug-likeness (QED) is 0.715. The van der Waals surface area contributed by atoms with Crippen LogP contribution in [0, 0.1) is 6.92 Å². The lowest BCUT2D eigenvalue weighted by Crippen LogP contribution is -1.95. The van der Waals surface area contributed by atoms with Crippen LogP contribution < -0.4 is 5.73 Å². The Bertz CT molecular complexity index is 233. The van der Waals surface area contributed by atoms with Gasteiger partial charge in [-0.15, -0.1) is 0 Å². The highest BCUT2D eigenvalue weighted by Crippen LogP contribution is 2.15. The number of hydrogen-bond donors (Lipinski definition) is 1. The molecule has 12 heavy (non-hydrogen) atoms. The van der Waals surface area contributed by atoms with E-state index in [0.717, 1.165) is 16.1 Å². The van der Waals surface area contributed by atoms with Gasteiger partial charge in [0, 0.05) is 11.6 Å². The zero-order valence-corrected chi connectivity index (χ0v) is 8.65. The molecule has 68 valence electrons. The molecule has 0 unspecified atom stereocenters. The van der Waals surface area contributed by atoms with Gasteiger partial charge in [-0.1, -0.05) is 37.6 Å². The van der Waals surface area contributed by atoms with Crippen molar-refractivity contribution in [2.45, 2.75) is 27.3 Å². The highest BCUT2D eigenvalue weighted by Gasteiger charge is 1.94. The number of aryl methyl sites for hydroxylation is 1. The lowest BCUT2D eigenvalue weighted by atomic mass is 10.1. The van der Waals surface area contributed by atoms with Crippen molar-refractivity contribution in [3.63, 3.8) is 0 Å². The van der Waals surface area contributed by atoms with Crippen LogP contribution in [-0.2, 0) is 6.54 Å². The summed E-state index contributed by atoms with van der Waals surface area (Å²) in [6.45, 7) is 6.53. The molecule has 0 saturated heterocycles. The molecule has 0 radical (unpaired) electrons. The van der Waals surface area contributed by atoms with E-state index in [1.807, 2.05) is 39.0 Å². The molecule has 1 nitrogen and oxygen atoms in total. The molecule has 1 aromatic carbocycles. The molecule has 0 aliphatic rings. The monoisotopic (exact) mass is 185 g/mol. The minimum Gasteiger partial charge on any atom is -0.326 e. The molecule has 1 rings (SSSR count). The Balaban J connectivity index is 0.000000561. The molecule has 0 saturated carbocycles. The van der Waals surface area contributed by atoms with Gasteiger partial charge in [0.15, 0.2) is 0 Å². The van der Waals surface area contributed by atoms with Gasteiger partial charge in [-0.2, -0.15) is 0 Å². The maximum absolute atomic E-state index is 5.84. The fourth-order valence-electron chi connectivity index (χ4n) is 0.763. The summed E-state index contributed by atoms with van der Waals surface area (Å²) in [5, 5.41) is 0.794. The number of hydrogen-bond acceptors (Lipinski definition) is 1. The minimum atomic E-state index is 0.556. The van der Waals surface area contributed by atoms with Crippen LogP contribution >= 0.6 is 11.6 Å². The summed E-state index contributed by atoms with van der Waals surface area (Å²) < 4.78 is 0. The number of benzene rings is 1. The van der Waals surface area contributed by atoms with Gasteiger partial charge >= 0.3 is 0 Å². The van der Waals surface area contributed by atoms with Gasteiger partial charge in [0.1, 0.15) is 0 Å². The molecular weight excluding hydrogens is 170 g/mol. The highest BCUT2D eigenvalue weighted by atomic mass is 35.5. The number of rotatable bonds is 1. The molecule has 0 spiro atoms. The normalized spacial score (nSPS) is 8.75. The van der Waals surface area contributed by atoms with Gasteiger partial charge in [0.05, 0.1) is 0 Å². The van der Waals surface area contributed by atoms with Gasteiger partial charge in [-0.25, -0.2) is 0 Å². The predicted molar refractivity (Wildman–Crippen MR) is 55.4 cm³/mol. The van der Waals surface area contributed by atoms with E-state index in [1.54, 1.807) is 0 Å². The fourth-order valence-corrected chi connectivity index (χ4v) is 0.966. The first-order valence-corrected chi connectivity index (χ1v) is 4.57. The summed E-state index contributed by atoms with van der Waals surface area (Å²) in [6.07, 6.45) is 0. The van der Waals surface area contributed by atoms with Crippen molar-refractivity contribution >= 4 is 11.6 Å². The second-order valence-electron chi connectivity index (χ2n) is 2.29. The molecule has 0 heterocycles. The summed E-state index contributed by atoms with van der Waals surface area (Å²) in [7, 11) is 0. The minimum absolute atomic E-state index is 0.556. The molecule has 0 aromatic heterocycles. The summed E-state index contributed by atoms with van der Waals surface area (Å²) in [5.41, 5.74) is 7.59. The lowest BCUT2D eigenvalue weighted by Gasteiger charge is -1.99. The van der Waals surface area contributed by atoms with Crippen molar-refractivity contribution in [2.24, 2.45) is 5.73 Å². The van der Waals surface area contributed by atoms with Crippen molar-refractivity contribution in [1.29, 1.82) is 0 Å². The summed E-state index contributed by atoms with van der Waals surface area (Å²) in [4.78, 5) is 0. The Labute approximate surface area is 79.5 Å². The predicted octanol–water partition coefficient (Wildman–Crippen LogP) is 3.13. The topological polar surface area (TPSA) is 26.0 Å². The Kier molecular flexibility index (Phi) is 5.77. The third-order valence-electron chi connectivity index (χ3n) is 1.47. The molecule has 0 atom stereocenters. The third kappa shape index (κ3) is 3.24. The molecule has 0 amide bonds. The van der Waals surface area contributed by atoms with Gasteiger partial charge < -0.3 is 5.73 Å². The zero-order valence-electron chi connectivity index (χ0n) is 7.89. The van der Waals surface area contributed by atoms with Crippen molar-refractivity contribution in [2.75, 3.05) is 0 Å². The van der Waals surface area contributed by atoms with E-state index in [1.165, 1.54) is 0 Å². The van der Waals surface area contributed by atoms with Crippen LogP contribution in [0.25, 0.3) is 0 Å². The maximum atomic E-state index is 5.84. The van der Waals surface area contributed by atoms with E-state index in [-0.39, 0.29) is 0 Å². The second-order valence-corrected chi connectivity index (χ2v) is 2.69. The molecule has 0 fully saturated rings. The van der Waals surface area contributed by atoms with Gasteiger partial charge in [0.2, 0.25) is 0 Å². The molecule has 0 aliphatic heterocycles.